The van der Waals surface area contributed by atoms with Gasteiger partial charge >= 0.3 is 0 Å². The molecule has 0 bridgehead atoms. The van der Waals surface area contributed by atoms with Crippen LogP contribution in [-0.2, 0) is 6.42 Å². The lowest BCUT2D eigenvalue weighted by atomic mass is 10.0. The molecule has 150 valence electrons. The molecule has 1 aliphatic heterocycles. The zero-order valence-electron chi connectivity index (χ0n) is 17.4. The van der Waals surface area contributed by atoms with Crippen molar-refractivity contribution in [2.24, 2.45) is 0 Å². The Morgan fingerprint density at radius 3 is 2.50 bits per heavy atom. The largest absolute Gasteiger partial charge is 0.342 e. The first-order valence-corrected chi connectivity index (χ1v) is 10.6. The Morgan fingerprint density at radius 2 is 1.77 bits per heavy atom. The predicted octanol–water partition coefficient (Wildman–Crippen LogP) is 5.33. The monoisotopic (exact) mass is 395 g/mol. The molecule has 0 fully saturated rings. The Hall–Kier alpha value is -3.40. The molecule has 1 unspecified atom stereocenters. The predicted molar refractivity (Wildman–Crippen MR) is 121 cm³/mol. The van der Waals surface area contributed by atoms with Gasteiger partial charge in [-0.2, -0.15) is 0 Å². The number of aryl methyl sites for hydroxylation is 1. The van der Waals surface area contributed by atoms with Gasteiger partial charge in [-0.1, -0.05) is 48.5 Å². The summed E-state index contributed by atoms with van der Waals surface area (Å²) in [6, 6.07) is 25.4. The van der Waals surface area contributed by atoms with Gasteiger partial charge in [0.2, 0.25) is 0 Å². The van der Waals surface area contributed by atoms with Gasteiger partial charge in [-0.3, -0.25) is 4.79 Å². The number of aromatic nitrogens is 2. The molecule has 4 heteroatoms. The van der Waals surface area contributed by atoms with Crippen LogP contribution < -0.4 is 0 Å². The van der Waals surface area contributed by atoms with Crippen LogP contribution in [0.1, 0.15) is 41.1 Å². The van der Waals surface area contributed by atoms with Crippen molar-refractivity contribution in [3.8, 4) is 11.1 Å². The molecule has 3 aromatic carbocycles. The molecule has 1 aliphatic rings. The van der Waals surface area contributed by atoms with Crippen molar-refractivity contribution < 1.29 is 4.79 Å². The SMILES string of the molecule is CCN(C)C(=O)c1ccc(-c2ccc3nc4n(c3c2)C(c2ccccc2)CC4)cc1. The Kier molecular flexibility index (Phi) is 4.62. The summed E-state index contributed by atoms with van der Waals surface area (Å²) in [7, 11) is 1.83. The van der Waals surface area contributed by atoms with Crippen LogP contribution in [0.4, 0.5) is 0 Å². The van der Waals surface area contributed by atoms with Crippen molar-refractivity contribution in [3.63, 3.8) is 0 Å². The fraction of sp³-hybridized carbons (Fsp3) is 0.231. The average Bonchev–Trinajstić information content (AvgIpc) is 3.38. The van der Waals surface area contributed by atoms with Crippen LogP contribution in [0.15, 0.2) is 72.8 Å². The van der Waals surface area contributed by atoms with E-state index in [9.17, 15) is 4.79 Å². The van der Waals surface area contributed by atoms with E-state index in [0.717, 1.165) is 35.0 Å². The summed E-state index contributed by atoms with van der Waals surface area (Å²) in [5.41, 5.74) is 6.54. The number of nitrogens with zero attached hydrogens (tertiary/aromatic N) is 3. The van der Waals surface area contributed by atoms with E-state index >= 15 is 0 Å². The number of carbonyl (C=O) groups is 1. The average molecular weight is 396 g/mol. The molecule has 4 aromatic rings. The third-order valence-electron chi connectivity index (χ3n) is 6.19. The standard InChI is InChI=1S/C26H25N3O/c1-3-28(2)26(30)20-11-9-18(10-12-20)21-13-14-22-24(17-21)29-23(15-16-25(29)27-22)19-7-5-4-6-8-19/h4-14,17,23H,3,15-16H2,1-2H3. The van der Waals surface area contributed by atoms with Gasteiger partial charge in [0.1, 0.15) is 5.82 Å². The number of carbonyl (C=O) groups excluding carboxylic acids is 1. The van der Waals surface area contributed by atoms with Crippen LogP contribution >= 0.6 is 0 Å². The van der Waals surface area contributed by atoms with Gasteiger partial charge in [-0.05, 0) is 54.3 Å². The number of hydrogen-bond donors (Lipinski definition) is 0. The smallest absolute Gasteiger partial charge is 0.253 e. The molecule has 1 aromatic heterocycles. The maximum Gasteiger partial charge on any atom is 0.253 e. The summed E-state index contributed by atoms with van der Waals surface area (Å²) in [5.74, 6) is 1.22. The van der Waals surface area contributed by atoms with E-state index in [4.69, 9.17) is 4.98 Å². The van der Waals surface area contributed by atoms with Crippen molar-refractivity contribution in [1.29, 1.82) is 0 Å². The lowest BCUT2D eigenvalue weighted by Crippen LogP contribution is -2.26. The van der Waals surface area contributed by atoms with Crippen LogP contribution in [-0.4, -0.2) is 34.0 Å². The van der Waals surface area contributed by atoms with Crippen LogP contribution in [0.5, 0.6) is 0 Å². The fourth-order valence-corrected chi connectivity index (χ4v) is 4.40. The molecule has 0 saturated heterocycles. The van der Waals surface area contributed by atoms with Gasteiger partial charge in [-0.25, -0.2) is 4.98 Å². The lowest BCUT2D eigenvalue weighted by molar-refractivity contribution is 0.0802. The molecule has 0 N–H and O–H groups in total. The molecule has 30 heavy (non-hydrogen) atoms. The van der Waals surface area contributed by atoms with E-state index in [1.54, 1.807) is 4.90 Å². The molecule has 0 spiro atoms. The maximum atomic E-state index is 12.4. The second kappa shape index (κ2) is 7.45. The number of amides is 1. The molecule has 4 nitrogen and oxygen atoms in total. The Bertz CT molecular complexity index is 1210. The Labute approximate surface area is 176 Å². The van der Waals surface area contributed by atoms with Crippen LogP contribution in [0, 0.1) is 0 Å². The fourth-order valence-electron chi connectivity index (χ4n) is 4.40. The van der Waals surface area contributed by atoms with Crippen LogP contribution in [0.25, 0.3) is 22.2 Å². The minimum Gasteiger partial charge on any atom is -0.342 e. The first kappa shape index (κ1) is 18.6. The Morgan fingerprint density at radius 1 is 1.03 bits per heavy atom. The second-order valence-electron chi connectivity index (χ2n) is 7.96. The quantitative estimate of drug-likeness (QED) is 0.468. The van der Waals surface area contributed by atoms with E-state index in [2.05, 4.69) is 53.1 Å². The van der Waals surface area contributed by atoms with Crippen LogP contribution in [0.3, 0.4) is 0 Å². The number of fused-ring (bicyclic) bond motifs is 3. The highest BCUT2D eigenvalue weighted by molar-refractivity contribution is 5.94. The summed E-state index contributed by atoms with van der Waals surface area (Å²) in [6.07, 6.45) is 2.10. The van der Waals surface area contributed by atoms with Crippen molar-refractivity contribution in [3.05, 3.63) is 89.7 Å². The first-order valence-electron chi connectivity index (χ1n) is 10.6. The van der Waals surface area contributed by atoms with Gasteiger partial charge in [0, 0.05) is 25.6 Å². The zero-order chi connectivity index (χ0) is 20.7. The van der Waals surface area contributed by atoms with E-state index < -0.39 is 0 Å². The molecule has 5 rings (SSSR count). The van der Waals surface area contributed by atoms with Gasteiger partial charge in [-0.15, -0.1) is 0 Å². The molecule has 0 aliphatic carbocycles. The second-order valence-corrected chi connectivity index (χ2v) is 7.96. The molecule has 1 amide bonds. The van der Waals surface area contributed by atoms with E-state index in [1.165, 1.54) is 16.9 Å². The van der Waals surface area contributed by atoms with E-state index in [1.807, 2.05) is 38.2 Å². The minimum atomic E-state index is 0.0545. The third-order valence-corrected chi connectivity index (χ3v) is 6.19. The topological polar surface area (TPSA) is 38.1 Å². The summed E-state index contributed by atoms with van der Waals surface area (Å²) < 4.78 is 2.41. The number of benzene rings is 3. The molecule has 1 atom stereocenters. The normalized spacial score (nSPS) is 15.3. The third kappa shape index (κ3) is 3.09. The molecule has 0 radical (unpaired) electrons. The molecular weight excluding hydrogens is 370 g/mol. The highest BCUT2D eigenvalue weighted by Gasteiger charge is 2.27. The van der Waals surface area contributed by atoms with Crippen molar-refractivity contribution in [2.75, 3.05) is 13.6 Å². The van der Waals surface area contributed by atoms with Gasteiger partial charge in [0.25, 0.3) is 5.91 Å². The van der Waals surface area contributed by atoms with Gasteiger partial charge in [0.15, 0.2) is 0 Å². The van der Waals surface area contributed by atoms with E-state index in [-0.39, 0.29) is 5.91 Å². The zero-order valence-corrected chi connectivity index (χ0v) is 17.4. The minimum absolute atomic E-state index is 0.0545. The lowest BCUT2D eigenvalue weighted by Gasteiger charge is -2.16. The van der Waals surface area contributed by atoms with Gasteiger partial charge < -0.3 is 9.47 Å². The highest BCUT2D eigenvalue weighted by atomic mass is 16.2. The van der Waals surface area contributed by atoms with Crippen molar-refractivity contribution in [1.82, 2.24) is 14.5 Å². The molecule has 2 heterocycles. The first-order chi connectivity index (χ1) is 14.7. The van der Waals surface area contributed by atoms with Crippen molar-refractivity contribution >= 4 is 16.9 Å². The molecule has 0 saturated carbocycles. The van der Waals surface area contributed by atoms with Gasteiger partial charge in [0.05, 0.1) is 17.1 Å². The molecular formula is C26H25N3O. The van der Waals surface area contributed by atoms with Crippen LogP contribution in [0.2, 0.25) is 0 Å². The maximum absolute atomic E-state index is 12.4. The summed E-state index contributed by atoms with van der Waals surface area (Å²) in [6.45, 7) is 2.68. The number of rotatable bonds is 4. The summed E-state index contributed by atoms with van der Waals surface area (Å²) >= 11 is 0. The highest BCUT2D eigenvalue weighted by Crippen LogP contribution is 2.36. The Balaban J connectivity index is 1.52. The number of imidazole rings is 1. The van der Waals surface area contributed by atoms with E-state index in [0.29, 0.717) is 12.6 Å². The summed E-state index contributed by atoms with van der Waals surface area (Å²) in [4.78, 5) is 19.0. The number of hydrogen-bond acceptors (Lipinski definition) is 2. The van der Waals surface area contributed by atoms with Crippen molar-refractivity contribution in [2.45, 2.75) is 25.8 Å². The summed E-state index contributed by atoms with van der Waals surface area (Å²) in [5, 5.41) is 0.